The topological polar surface area (TPSA) is 52.0 Å². The van der Waals surface area contributed by atoms with Crippen molar-refractivity contribution in [3.63, 3.8) is 0 Å². The summed E-state index contributed by atoms with van der Waals surface area (Å²) in [5, 5.41) is 0.472. The number of hydrogen-bond acceptors (Lipinski definition) is 2. The fraction of sp³-hybridized carbons (Fsp3) is 0.250. The van der Waals surface area contributed by atoms with E-state index in [0.29, 0.717) is 16.1 Å². The van der Waals surface area contributed by atoms with Gasteiger partial charge in [-0.15, -0.1) is 0 Å². The minimum atomic E-state index is -1.55. The molecule has 1 aromatic rings. The molecule has 0 aliphatic carbocycles. The van der Waals surface area contributed by atoms with Gasteiger partial charge in [0.15, 0.2) is 0 Å². The Labute approximate surface area is 114 Å². The normalized spacial score (nSPS) is 12.2. The summed E-state index contributed by atoms with van der Waals surface area (Å²) in [5.74, 6) is 0. The van der Waals surface area contributed by atoms with Gasteiger partial charge >= 0.3 is 0 Å². The van der Waals surface area contributed by atoms with Crippen molar-refractivity contribution in [2.45, 2.75) is 7.85 Å². The fourth-order valence-electron chi connectivity index (χ4n) is 1.06. The molecule has 0 unspecified atom stereocenters. The first-order valence-electron chi connectivity index (χ1n) is 3.70. The molecule has 0 saturated heterocycles. The van der Waals surface area contributed by atoms with Crippen LogP contribution >= 0.6 is 56.8 Å². The number of alkyl halides is 3. The number of benzene rings is 1. The Morgan fingerprint density at radius 1 is 1.36 bits per heavy atom. The Morgan fingerprint density at radius 2 is 1.93 bits per heavy atom. The van der Waals surface area contributed by atoms with Crippen LogP contribution in [0.3, 0.4) is 0 Å². The molecule has 1 rings (SSSR count). The molecule has 6 heteroatoms. The van der Waals surface area contributed by atoms with Crippen LogP contribution in [0, 0.1) is 0 Å². The van der Waals surface area contributed by atoms with E-state index in [0.717, 1.165) is 0 Å². The lowest BCUT2D eigenvalue weighted by Gasteiger charge is -2.18. The first-order chi connectivity index (χ1) is 6.32. The zero-order valence-electron chi connectivity index (χ0n) is 6.98. The van der Waals surface area contributed by atoms with Crippen LogP contribution in [-0.4, -0.2) is 0 Å². The maximum absolute atomic E-state index is 13.7. The van der Waals surface area contributed by atoms with E-state index in [1.165, 1.54) is 0 Å². The van der Waals surface area contributed by atoms with E-state index in [4.69, 9.17) is 23.1 Å². The molecular weight excluding hydrogens is 432 g/mol. The van der Waals surface area contributed by atoms with Crippen molar-refractivity contribution < 1.29 is 4.39 Å². The molecule has 14 heavy (non-hydrogen) atoms. The van der Waals surface area contributed by atoms with Crippen molar-refractivity contribution in [2.75, 3.05) is 0 Å². The Morgan fingerprint density at radius 3 is 2.36 bits per heavy atom. The molecule has 0 amide bonds. The highest BCUT2D eigenvalue weighted by molar-refractivity contribution is 14.2. The number of nitrogens with two attached hydrogens (primary N) is 2. The summed E-state index contributed by atoms with van der Waals surface area (Å²) in [6.45, 7) is 0. The summed E-state index contributed by atoms with van der Waals surface area (Å²) in [7, 11) is 0. The molecule has 4 N–H and O–H groups in total. The Balaban J connectivity index is 3.30. The lowest BCUT2D eigenvalue weighted by atomic mass is 10.1. The van der Waals surface area contributed by atoms with Gasteiger partial charge in [-0.1, -0.05) is 17.7 Å². The lowest BCUT2D eigenvalue weighted by Crippen LogP contribution is -2.23. The molecule has 0 radical (unpaired) electrons. The Bertz CT molecular complexity index is 339. The van der Waals surface area contributed by atoms with E-state index < -0.39 is 7.85 Å². The molecule has 0 heterocycles. The van der Waals surface area contributed by atoms with Crippen LogP contribution in [0.15, 0.2) is 18.2 Å². The van der Waals surface area contributed by atoms with Crippen LogP contribution in [0.1, 0.15) is 17.3 Å². The van der Waals surface area contributed by atoms with E-state index in [1.807, 2.05) is 0 Å². The quantitative estimate of drug-likeness (QED) is 0.422. The molecular formula is C8H8ClFI2N2. The third-order valence-electron chi connectivity index (χ3n) is 1.68. The minimum Gasteiger partial charge on any atom is -0.312 e. The van der Waals surface area contributed by atoms with Crippen LogP contribution in [0.5, 0.6) is 0 Å². The highest BCUT2D eigenvalue weighted by Gasteiger charge is 2.28. The van der Waals surface area contributed by atoms with Gasteiger partial charge in [-0.25, -0.2) is 4.39 Å². The third kappa shape index (κ3) is 3.16. The van der Waals surface area contributed by atoms with Crippen LogP contribution in [0.25, 0.3) is 0 Å². The zero-order valence-corrected chi connectivity index (χ0v) is 12.0. The van der Waals surface area contributed by atoms with Crippen LogP contribution in [0.2, 0.25) is 5.02 Å². The summed E-state index contributed by atoms with van der Waals surface area (Å²) in [6, 6.07) is 4.84. The highest BCUT2D eigenvalue weighted by Crippen LogP contribution is 2.43. The molecule has 0 aliphatic rings. The van der Waals surface area contributed by atoms with Crippen LogP contribution < -0.4 is 11.5 Å². The van der Waals surface area contributed by atoms with Gasteiger partial charge in [0.25, 0.3) is 0 Å². The van der Waals surface area contributed by atoms with Gasteiger partial charge in [0.1, 0.15) is 0 Å². The molecule has 0 saturated carbocycles. The van der Waals surface area contributed by atoms with E-state index in [1.54, 1.807) is 63.4 Å². The van der Waals surface area contributed by atoms with E-state index in [-0.39, 0.29) is 0 Å². The third-order valence-corrected chi connectivity index (χ3v) is 3.08. The highest BCUT2D eigenvalue weighted by atomic mass is 127. The molecule has 0 bridgehead atoms. The van der Waals surface area contributed by atoms with Crippen molar-refractivity contribution >= 4 is 56.8 Å². The van der Waals surface area contributed by atoms with Gasteiger partial charge in [-0.2, -0.15) is 0 Å². The summed E-state index contributed by atoms with van der Waals surface area (Å²) < 4.78 is 12.2. The number of halogens is 4. The molecule has 78 valence electrons. The number of hydrogen-bond donors (Lipinski definition) is 2. The van der Waals surface area contributed by atoms with Gasteiger partial charge in [-0.3, -0.25) is 0 Å². The van der Waals surface area contributed by atoms with Gasteiger partial charge in [-0.05, 0) is 62.9 Å². The molecule has 0 aromatic heterocycles. The summed E-state index contributed by atoms with van der Waals surface area (Å²) in [4.78, 5) is 0. The van der Waals surface area contributed by atoms with Crippen LogP contribution in [0.4, 0.5) is 4.39 Å². The predicted molar refractivity (Wildman–Crippen MR) is 73.4 cm³/mol. The second kappa shape index (κ2) is 4.77. The minimum absolute atomic E-state index is 0.418. The van der Waals surface area contributed by atoms with Gasteiger partial charge in [0, 0.05) is 10.6 Å². The van der Waals surface area contributed by atoms with Crippen LogP contribution in [-0.2, 0) is 1.68 Å². The molecule has 2 nitrogen and oxygen atoms in total. The fourth-order valence-corrected chi connectivity index (χ4v) is 2.17. The molecule has 0 atom stereocenters. The second-order valence-electron chi connectivity index (χ2n) is 2.76. The van der Waals surface area contributed by atoms with Crippen molar-refractivity contribution in [3.8, 4) is 0 Å². The molecule has 0 spiro atoms. The lowest BCUT2D eigenvalue weighted by molar-refractivity contribution is 0.464. The van der Waals surface area contributed by atoms with E-state index >= 15 is 0 Å². The predicted octanol–water partition coefficient (Wildman–Crippen LogP) is 3.21. The van der Waals surface area contributed by atoms with Crippen molar-refractivity contribution in [2.24, 2.45) is 11.5 Å². The average Bonchev–Trinajstić information content (AvgIpc) is 2.01. The molecule has 0 fully saturated rings. The summed E-state index contributed by atoms with van der Waals surface area (Å²) in [5.41, 5.74) is 12.0. The molecule has 0 aliphatic heterocycles. The van der Waals surface area contributed by atoms with Crippen molar-refractivity contribution in [1.82, 2.24) is 0 Å². The van der Waals surface area contributed by atoms with Gasteiger partial charge in [0.2, 0.25) is 1.68 Å². The maximum atomic E-state index is 13.7. The first-order valence-corrected chi connectivity index (χ1v) is 6.23. The zero-order chi connectivity index (χ0) is 10.9. The monoisotopic (exact) mass is 440 g/mol. The van der Waals surface area contributed by atoms with Gasteiger partial charge in [0.05, 0.1) is 6.17 Å². The van der Waals surface area contributed by atoms with E-state index in [2.05, 4.69) is 0 Å². The maximum Gasteiger partial charge on any atom is 0.235 e. The number of rotatable bonds is 2. The molecule has 1 aromatic carbocycles. The Kier molecular flexibility index (Phi) is 4.39. The average molecular weight is 440 g/mol. The smallest absolute Gasteiger partial charge is 0.235 e. The first kappa shape index (κ1) is 12.9. The Hall–Kier alpha value is 0.820. The van der Waals surface area contributed by atoms with E-state index in [9.17, 15) is 4.39 Å². The van der Waals surface area contributed by atoms with Crippen molar-refractivity contribution in [3.05, 3.63) is 34.3 Å². The summed E-state index contributed by atoms with van der Waals surface area (Å²) in [6.07, 6.45) is -0.693. The second-order valence-corrected chi connectivity index (χ2v) is 8.23. The van der Waals surface area contributed by atoms with Crippen molar-refractivity contribution in [1.29, 1.82) is 0 Å². The largest absolute Gasteiger partial charge is 0.312 e. The standard InChI is InChI=1S/C8H8ClFI2N2/c9-4-1-2-5(7(13)14)6(3-4)8(10,11)12/h1-3,7H,13-14H2. The summed E-state index contributed by atoms with van der Waals surface area (Å²) >= 11 is 9.11. The van der Waals surface area contributed by atoms with Gasteiger partial charge < -0.3 is 11.5 Å². The SMILES string of the molecule is NC(N)c1ccc(Cl)cc1C(F)(I)I.